The molecule has 0 saturated heterocycles. The zero-order valence-corrected chi connectivity index (χ0v) is 22.0. The summed E-state index contributed by atoms with van der Waals surface area (Å²) >= 11 is 1.23. The highest BCUT2D eigenvalue weighted by Crippen LogP contribution is 2.59. The molecule has 0 amide bonds. The SMILES string of the molecule is O=C(Cc1cccc(-c2nc(NC(P(=O)(O)O)P(=O)(O)O)c3ccsc3n2)c1)c1cnc2ccccc2c1. The Kier molecular flexibility index (Phi) is 6.97. The Morgan fingerprint density at radius 3 is 2.47 bits per heavy atom. The number of hydrogen-bond donors (Lipinski definition) is 5. The third-order valence-electron chi connectivity index (χ3n) is 5.69. The molecular formula is C24H20N4O7P2S. The van der Waals surface area contributed by atoms with Gasteiger partial charge < -0.3 is 24.9 Å². The summed E-state index contributed by atoms with van der Waals surface area (Å²) in [5, 5.41) is 5.12. The van der Waals surface area contributed by atoms with E-state index in [1.807, 2.05) is 24.3 Å². The van der Waals surface area contributed by atoms with E-state index < -0.39 is 20.7 Å². The van der Waals surface area contributed by atoms with Crippen LogP contribution in [-0.2, 0) is 15.6 Å². The number of rotatable bonds is 8. The molecular weight excluding hydrogens is 550 g/mol. The van der Waals surface area contributed by atoms with Crippen LogP contribution in [0.15, 0.2) is 72.2 Å². The highest BCUT2D eigenvalue weighted by molar-refractivity contribution is 7.71. The molecule has 0 fully saturated rings. The Morgan fingerprint density at radius 1 is 0.947 bits per heavy atom. The number of fused-ring (bicyclic) bond motifs is 2. The van der Waals surface area contributed by atoms with E-state index in [0.717, 1.165) is 10.9 Å². The van der Waals surface area contributed by atoms with Crippen LogP contribution in [0.4, 0.5) is 5.82 Å². The van der Waals surface area contributed by atoms with Gasteiger partial charge in [-0.2, -0.15) is 0 Å². The van der Waals surface area contributed by atoms with E-state index in [9.17, 15) is 33.5 Å². The lowest BCUT2D eigenvalue weighted by Gasteiger charge is -2.21. The van der Waals surface area contributed by atoms with Crippen LogP contribution in [0.2, 0.25) is 0 Å². The van der Waals surface area contributed by atoms with E-state index in [2.05, 4.69) is 20.3 Å². The number of pyridine rings is 1. The molecule has 0 spiro atoms. The van der Waals surface area contributed by atoms with Gasteiger partial charge >= 0.3 is 15.2 Å². The third kappa shape index (κ3) is 5.57. The van der Waals surface area contributed by atoms with Gasteiger partial charge in [0.15, 0.2) is 11.6 Å². The summed E-state index contributed by atoms with van der Waals surface area (Å²) < 4.78 is 23.6. The zero-order chi connectivity index (χ0) is 27.1. The van der Waals surface area contributed by atoms with E-state index in [-0.39, 0.29) is 23.8 Å². The van der Waals surface area contributed by atoms with Crippen molar-refractivity contribution in [2.45, 2.75) is 11.9 Å². The van der Waals surface area contributed by atoms with Gasteiger partial charge in [0, 0.05) is 29.1 Å². The number of para-hydroxylation sites is 1. The Balaban J connectivity index is 1.47. The van der Waals surface area contributed by atoms with E-state index >= 15 is 0 Å². The van der Waals surface area contributed by atoms with Crippen LogP contribution in [-0.4, -0.2) is 45.8 Å². The van der Waals surface area contributed by atoms with Gasteiger partial charge in [0.2, 0.25) is 5.52 Å². The molecule has 0 radical (unpaired) electrons. The first-order chi connectivity index (χ1) is 18.0. The molecule has 0 aliphatic rings. The summed E-state index contributed by atoms with van der Waals surface area (Å²) in [5.41, 5.74) is -0.0306. The molecule has 0 unspecified atom stereocenters. The fourth-order valence-corrected chi connectivity index (χ4v) is 6.82. The second kappa shape index (κ2) is 10.1. The molecule has 11 nitrogen and oxygen atoms in total. The molecule has 0 atom stereocenters. The van der Waals surface area contributed by atoms with Crippen molar-refractivity contribution in [1.82, 2.24) is 15.0 Å². The van der Waals surface area contributed by atoms with Crippen molar-refractivity contribution in [1.29, 1.82) is 0 Å². The molecule has 38 heavy (non-hydrogen) atoms. The maximum atomic E-state index is 13.0. The number of anilines is 1. The molecule has 3 aromatic heterocycles. The molecule has 0 bridgehead atoms. The quantitative estimate of drug-likeness (QED) is 0.132. The Labute approximate surface area is 219 Å². The van der Waals surface area contributed by atoms with Gasteiger partial charge in [-0.3, -0.25) is 18.9 Å². The van der Waals surface area contributed by atoms with Crippen LogP contribution >= 0.6 is 26.5 Å². The number of nitrogens with one attached hydrogen (secondary N) is 1. The number of hydrogen-bond acceptors (Lipinski definition) is 8. The Morgan fingerprint density at radius 2 is 1.71 bits per heavy atom. The number of benzene rings is 2. The highest BCUT2D eigenvalue weighted by Gasteiger charge is 2.44. The van der Waals surface area contributed by atoms with Gasteiger partial charge in [-0.25, -0.2) is 9.97 Å². The largest absolute Gasteiger partial charge is 0.360 e. The molecule has 0 saturated carbocycles. The van der Waals surface area contributed by atoms with Crippen molar-refractivity contribution in [3.63, 3.8) is 0 Å². The smallest absolute Gasteiger partial charge is 0.346 e. The first-order valence-electron chi connectivity index (χ1n) is 11.1. The van der Waals surface area contributed by atoms with Gasteiger partial charge in [-0.15, -0.1) is 11.3 Å². The third-order valence-corrected chi connectivity index (χ3v) is 9.83. The number of Topliss-reactive ketones (excluding diaryl/α,β-unsaturated/α-hetero) is 1. The average Bonchev–Trinajstić information content (AvgIpc) is 3.34. The summed E-state index contributed by atoms with van der Waals surface area (Å²) in [6.07, 6.45) is 1.62. The summed E-state index contributed by atoms with van der Waals surface area (Å²) in [7, 11) is -10.5. The van der Waals surface area contributed by atoms with Crippen LogP contribution < -0.4 is 5.32 Å². The second-order valence-corrected chi connectivity index (χ2v) is 13.1. The minimum absolute atomic E-state index is 0.0820. The van der Waals surface area contributed by atoms with E-state index in [1.54, 1.807) is 48.0 Å². The van der Waals surface area contributed by atoms with Crippen LogP contribution in [0, 0.1) is 0 Å². The molecule has 0 aliphatic carbocycles. The van der Waals surface area contributed by atoms with Gasteiger partial charge in [0.1, 0.15) is 10.6 Å². The number of thiophene rings is 1. The number of aromatic nitrogens is 3. The van der Waals surface area contributed by atoms with Crippen LogP contribution in [0.3, 0.4) is 0 Å². The van der Waals surface area contributed by atoms with Gasteiger partial charge in [0.25, 0.3) is 0 Å². The maximum Gasteiger partial charge on any atom is 0.360 e. The molecule has 5 rings (SSSR count). The van der Waals surface area contributed by atoms with Crippen LogP contribution in [0.1, 0.15) is 15.9 Å². The summed E-state index contributed by atoms with van der Waals surface area (Å²) in [4.78, 5) is 64.7. The predicted molar refractivity (Wildman–Crippen MR) is 144 cm³/mol. The van der Waals surface area contributed by atoms with Crippen LogP contribution in [0.5, 0.6) is 0 Å². The number of carbonyl (C=O) groups is 1. The molecule has 5 N–H and O–H groups in total. The molecule has 5 aromatic rings. The lowest BCUT2D eigenvalue weighted by molar-refractivity contribution is 0.0992. The minimum Gasteiger partial charge on any atom is -0.346 e. The maximum absolute atomic E-state index is 13.0. The Hall–Kier alpha value is -3.34. The summed E-state index contributed by atoms with van der Waals surface area (Å²) in [6.45, 7) is 0. The van der Waals surface area contributed by atoms with Crippen molar-refractivity contribution in [3.8, 4) is 11.4 Å². The number of ketones is 1. The van der Waals surface area contributed by atoms with E-state index in [1.165, 1.54) is 11.3 Å². The fraction of sp³-hybridized carbons (Fsp3) is 0.0833. The Bertz CT molecular complexity index is 1760. The van der Waals surface area contributed by atoms with E-state index in [4.69, 9.17) is 0 Å². The van der Waals surface area contributed by atoms with Crippen molar-refractivity contribution in [2.24, 2.45) is 0 Å². The molecule has 14 heteroatoms. The highest BCUT2D eigenvalue weighted by atomic mass is 32.1. The minimum atomic E-state index is -5.25. The van der Waals surface area contributed by atoms with Gasteiger partial charge in [-0.05, 0) is 35.2 Å². The average molecular weight is 570 g/mol. The topological polar surface area (TPSA) is 183 Å². The van der Waals surface area contributed by atoms with E-state index in [0.29, 0.717) is 26.9 Å². The standard InChI is InChI=1S/C24H20N4O7P2S/c29-20(17-12-15-5-1-2-7-19(15)25-13-17)11-14-4-3-6-16(10-14)21-26-22(18-8-9-38-23(18)27-21)28-24(36(30,31)32)37(33,34)35/h1-10,12-13,24H,11H2,(H,26,27,28)(H2,30,31,32)(H2,33,34,35). The first-order valence-corrected chi connectivity index (χ1v) is 15.3. The fourth-order valence-electron chi connectivity index (χ4n) is 3.91. The lowest BCUT2D eigenvalue weighted by Crippen LogP contribution is -2.21. The monoisotopic (exact) mass is 570 g/mol. The van der Waals surface area contributed by atoms with Gasteiger partial charge in [-0.1, -0.05) is 36.4 Å². The van der Waals surface area contributed by atoms with Crippen molar-refractivity contribution < 1.29 is 33.5 Å². The molecule has 3 heterocycles. The molecule has 2 aromatic carbocycles. The van der Waals surface area contributed by atoms with Crippen molar-refractivity contribution in [2.75, 3.05) is 5.32 Å². The summed E-state index contributed by atoms with van der Waals surface area (Å²) in [6, 6.07) is 17.8. The number of carbonyl (C=O) groups excluding carboxylic acids is 1. The molecule has 0 aliphatic heterocycles. The zero-order valence-electron chi connectivity index (χ0n) is 19.4. The van der Waals surface area contributed by atoms with Crippen molar-refractivity contribution >= 4 is 59.2 Å². The van der Waals surface area contributed by atoms with Crippen LogP contribution in [0.25, 0.3) is 32.5 Å². The number of nitrogens with zero attached hydrogens (tertiary/aromatic N) is 3. The van der Waals surface area contributed by atoms with Gasteiger partial charge in [0.05, 0.1) is 10.9 Å². The van der Waals surface area contributed by atoms with Crippen molar-refractivity contribution in [3.05, 3.63) is 83.4 Å². The first kappa shape index (κ1) is 26.3. The lowest BCUT2D eigenvalue weighted by atomic mass is 10.0. The molecule has 194 valence electrons. The summed E-state index contributed by atoms with van der Waals surface area (Å²) in [5.74, 6) is -0.116. The second-order valence-electron chi connectivity index (χ2n) is 8.45. The normalized spacial score (nSPS) is 12.3. The predicted octanol–water partition coefficient (Wildman–Crippen LogP) is 4.38.